The second-order valence-corrected chi connectivity index (χ2v) is 10.6. The third-order valence-electron chi connectivity index (χ3n) is 8.20. The Kier molecular flexibility index (Phi) is 4.75. The minimum atomic E-state index is -2.63. The molecule has 1 saturated heterocycles. The Morgan fingerprint density at radius 2 is 1.88 bits per heavy atom. The van der Waals surface area contributed by atoms with E-state index in [1.807, 2.05) is 21.5 Å². The first-order valence-electron chi connectivity index (χ1n) is 12.1. The van der Waals surface area contributed by atoms with Crippen molar-refractivity contribution in [2.75, 3.05) is 18.4 Å². The molecule has 6 rings (SSSR count). The number of hydrogen-bond acceptors (Lipinski definition) is 4. The lowest BCUT2D eigenvalue weighted by molar-refractivity contribution is -0.131. The van der Waals surface area contributed by atoms with Crippen molar-refractivity contribution in [3.8, 4) is 0 Å². The van der Waals surface area contributed by atoms with Crippen molar-refractivity contribution in [1.29, 1.82) is 0 Å². The van der Waals surface area contributed by atoms with Crippen LogP contribution < -0.4 is 5.32 Å². The molecule has 3 heterocycles. The van der Waals surface area contributed by atoms with Gasteiger partial charge in [-0.2, -0.15) is 4.98 Å². The van der Waals surface area contributed by atoms with Gasteiger partial charge in [-0.05, 0) is 62.5 Å². The molecule has 7 nitrogen and oxygen atoms in total. The monoisotopic (exact) mass is 457 g/mol. The minimum Gasteiger partial charge on any atom is -0.342 e. The van der Waals surface area contributed by atoms with E-state index in [0.717, 1.165) is 56.3 Å². The Labute approximate surface area is 190 Å². The number of fused-ring (bicyclic) bond motifs is 1. The average Bonchev–Trinajstić information content (AvgIpc) is 3.63. The SMILES string of the molecule is O=C(Nc1nc2cccc(C3CCC4(CC3)CCN(C(=O)C[C@@H]3CC3(F)F)C4)n2n1)C1CC1. The van der Waals surface area contributed by atoms with E-state index >= 15 is 0 Å². The van der Waals surface area contributed by atoms with Crippen LogP contribution in [0.2, 0.25) is 0 Å². The highest BCUT2D eigenvalue weighted by Crippen LogP contribution is 2.52. The Balaban J connectivity index is 1.10. The fourth-order valence-corrected chi connectivity index (χ4v) is 5.76. The third kappa shape index (κ3) is 3.99. The van der Waals surface area contributed by atoms with Gasteiger partial charge in [-0.15, -0.1) is 5.10 Å². The maximum Gasteiger partial charge on any atom is 0.252 e. The molecule has 1 aliphatic heterocycles. The van der Waals surface area contributed by atoms with E-state index in [4.69, 9.17) is 0 Å². The summed E-state index contributed by atoms with van der Waals surface area (Å²) in [6.45, 7) is 1.38. The molecule has 33 heavy (non-hydrogen) atoms. The van der Waals surface area contributed by atoms with E-state index in [1.165, 1.54) is 0 Å². The van der Waals surface area contributed by atoms with Crippen molar-refractivity contribution >= 4 is 23.4 Å². The van der Waals surface area contributed by atoms with Gasteiger partial charge < -0.3 is 4.90 Å². The summed E-state index contributed by atoms with van der Waals surface area (Å²) in [5.74, 6) is -2.69. The molecule has 3 aliphatic carbocycles. The van der Waals surface area contributed by atoms with Gasteiger partial charge in [0.05, 0.1) is 0 Å². The maximum atomic E-state index is 13.2. The zero-order chi connectivity index (χ0) is 22.8. The van der Waals surface area contributed by atoms with Gasteiger partial charge in [-0.3, -0.25) is 14.9 Å². The van der Waals surface area contributed by atoms with Crippen molar-refractivity contribution in [2.45, 2.75) is 69.6 Å². The summed E-state index contributed by atoms with van der Waals surface area (Å²) in [6.07, 6.45) is 6.68. The second kappa shape index (κ2) is 7.46. The zero-order valence-electron chi connectivity index (χ0n) is 18.6. The van der Waals surface area contributed by atoms with Crippen LogP contribution in [0.4, 0.5) is 14.7 Å². The Morgan fingerprint density at radius 1 is 1.12 bits per heavy atom. The molecule has 4 aliphatic rings. The number of likely N-dealkylation sites (tertiary alicyclic amines) is 1. The highest BCUT2D eigenvalue weighted by Gasteiger charge is 2.58. The predicted octanol–water partition coefficient (Wildman–Crippen LogP) is 4.00. The molecule has 2 aromatic heterocycles. The smallest absolute Gasteiger partial charge is 0.252 e. The van der Waals surface area contributed by atoms with Crippen LogP contribution in [0, 0.1) is 17.3 Å². The zero-order valence-corrected chi connectivity index (χ0v) is 18.6. The normalized spacial score (nSPS) is 30.7. The first-order valence-corrected chi connectivity index (χ1v) is 12.1. The molecule has 0 bridgehead atoms. The fourth-order valence-electron chi connectivity index (χ4n) is 5.76. The number of carbonyl (C=O) groups excluding carboxylic acids is 2. The van der Waals surface area contributed by atoms with Crippen LogP contribution in [0.3, 0.4) is 0 Å². The second-order valence-electron chi connectivity index (χ2n) is 10.6. The van der Waals surface area contributed by atoms with E-state index < -0.39 is 11.8 Å². The maximum absolute atomic E-state index is 13.2. The summed E-state index contributed by atoms with van der Waals surface area (Å²) in [6, 6.07) is 5.97. The number of amides is 2. The summed E-state index contributed by atoms with van der Waals surface area (Å²) in [7, 11) is 0. The van der Waals surface area contributed by atoms with Gasteiger partial charge in [0.15, 0.2) is 5.65 Å². The largest absolute Gasteiger partial charge is 0.342 e. The first-order chi connectivity index (χ1) is 15.8. The Hall–Kier alpha value is -2.58. The number of carbonyl (C=O) groups is 2. The standard InChI is InChI=1S/C24H29F2N5O2/c25-24(26)13-17(24)12-20(32)30-11-10-23(14-30)8-6-15(7-9-23)18-2-1-3-19-27-22(29-31(18)19)28-21(33)16-4-5-16/h1-3,15-17H,4-14H2,(H,28,29,33)/t15?,17-,23?/m1/s1. The molecule has 0 unspecified atom stereocenters. The molecule has 1 N–H and O–H groups in total. The molecule has 9 heteroatoms. The molecule has 3 saturated carbocycles. The van der Waals surface area contributed by atoms with Gasteiger partial charge in [0, 0.05) is 49.4 Å². The molecule has 0 aromatic carbocycles. The molecule has 1 spiro atoms. The number of anilines is 1. The molecule has 1 atom stereocenters. The molecular weight excluding hydrogens is 428 g/mol. The van der Waals surface area contributed by atoms with E-state index in [2.05, 4.69) is 21.5 Å². The lowest BCUT2D eigenvalue weighted by Gasteiger charge is -2.37. The van der Waals surface area contributed by atoms with Gasteiger partial charge >= 0.3 is 0 Å². The minimum absolute atomic E-state index is 0.00203. The Morgan fingerprint density at radius 3 is 2.58 bits per heavy atom. The summed E-state index contributed by atoms with van der Waals surface area (Å²) >= 11 is 0. The lowest BCUT2D eigenvalue weighted by atomic mass is 9.69. The van der Waals surface area contributed by atoms with Gasteiger partial charge in [0.1, 0.15) is 0 Å². The third-order valence-corrected chi connectivity index (χ3v) is 8.20. The van der Waals surface area contributed by atoms with Crippen molar-refractivity contribution in [2.24, 2.45) is 17.3 Å². The topological polar surface area (TPSA) is 79.6 Å². The number of alkyl halides is 2. The molecular formula is C24H29F2N5O2. The summed E-state index contributed by atoms with van der Waals surface area (Å²) in [4.78, 5) is 30.9. The highest BCUT2D eigenvalue weighted by molar-refractivity contribution is 5.92. The predicted molar refractivity (Wildman–Crippen MR) is 117 cm³/mol. The Bertz CT molecular complexity index is 1100. The molecule has 4 fully saturated rings. The summed E-state index contributed by atoms with van der Waals surface area (Å²) in [5.41, 5.74) is 1.94. The van der Waals surface area contributed by atoms with Gasteiger partial charge in [-0.1, -0.05) is 6.07 Å². The number of aromatic nitrogens is 3. The van der Waals surface area contributed by atoms with Crippen molar-refractivity contribution in [1.82, 2.24) is 19.5 Å². The van der Waals surface area contributed by atoms with Gasteiger partial charge in [0.25, 0.3) is 5.92 Å². The number of nitrogens with zero attached hydrogens (tertiary/aromatic N) is 4. The van der Waals surface area contributed by atoms with Crippen LogP contribution in [0.15, 0.2) is 18.2 Å². The van der Waals surface area contributed by atoms with Crippen molar-refractivity contribution in [3.05, 3.63) is 23.9 Å². The van der Waals surface area contributed by atoms with Crippen molar-refractivity contribution in [3.63, 3.8) is 0 Å². The van der Waals surface area contributed by atoms with E-state index in [-0.39, 0.29) is 36.0 Å². The van der Waals surface area contributed by atoms with Crippen molar-refractivity contribution < 1.29 is 18.4 Å². The summed E-state index contributed by atoms with van der Waals surface area (Å²) < 4.78 is 28.3. The number of nitrogens with one attached hydrogen (secondary N) is 1. The summed E-state index contributed by atoms with van der Waals surface area (Å²) in [5, 5.41) is 7.40. The lowest BCUT2D eigenvalue weighted by Crippen LogP contribution is -2.34. The van der Waals surface area contributed by atoms with E-state index in [9.17, 15) is 18.4 Å². The molecule has 2 amide bonds. The van der Waals surface area contributed by atoms with E-state index in [1.54, 1.807) is 0 Å². The fraction of sp³-hybridized carbons (Fsp3) is 0.667. The number of rotatable bonds is 5. The number of hydrogen-bond donors (Lipinski definition) is 1. The van der Waals surface area contributed by atoms with Crippen LogP contribution in [-0.2, 0) is 9.59 Å². The van der Waals surface area contributed by atoms with Crippen LogP contribution in [0.1, 0.15) is 69.4 Å². The van der Waals surface area contributed by atoms with Crippen LogP contribution in [0.5, 0.6) is 0 Å². The molecule has 2 aromatic rings. The first kappa shape index (κ1) is 21.0. The molecule has 176 valence electrons. The van der Waals surface area contributed by atoms with Gasteiger partial charge in [-0.25, -0.2) is 13.3 Å². The molecule has 0 radical (unpaired) electrons. The van der Waals surface area contributed by atoms with Gasteiger partial charge in [0.2, 0.25) is 17.8 Å². The van der Waals surface area contributed by atoms with E-state index in [0.29, 0.717) is 25.0 Å². The van der Waals surface area contributed by atoms with Crippen LogP contribution in [-0.4, -0.2) is 50.3 Å². The quantitative estimate of drug-likeness (QED) is 0.736. The van der Waals surface area contributed by atoms with Crippen LogP contribution in [0.25, 0.3) is 5.65 Å². The van der Waals surface area contributed by atoms with Crippen LogP contribution >= 0.6 is 0 Å². The number of halogens is 2. The highest BCUT2D eigenvalue weighted by atomic mass is 19.3. The average molecular weight is 458 g/mol. The number of pyridine rings is 1.